The Hall–Kier alpha value is -1.34. The van der Waals surface area contributed by atoms with Gasteiger partial charge in [0.1, 0.15) is 10.0 Å². The lowest BCUT2D eigenvalue weighted by atomic mass is 10.1. The molecule has 0 amide bonds. The standard InChI is InChI=1S/C14H9BrCl3N3O2/c1-6(7-2-4-8(15)5-3-7)20-21-11-9(16)12(14(22)23)19-13(18)10(11)17/h2-5H,1H3,(H,19,21)(H,22,23). The summed E-state index contributed by atoms with van der Waals surface area (Å²) in [6.45, 7) is 1.78. The Morgan fingerprint density at radius 2 is 1.83 bits per heavy atom. The van der Waals surface area contributed by atoms with Crippen LogP contribution in [0.2, 0.25) is 15.2 Å². The SMILES string of the molecule is CC(=NNc1c(Cl)c(Cl)nc(C(=O)O)c1Cl)c1ccc(Br)cc1. The van der Waals surface area contributed by atoms with Crippen molar-refractivity contribution in [2.75, 3.05) is 5.43 Å². The number of aromatic nitrogens is 1. The molecule has 2 rings (SSSR count). The third kappa shape index (κ3) is 4.14. The fourth-order valence-electron chi connectivity index (χ4n) is 1.65. The molecule has 0 saturated carbocycles. The predicted molar refractivity (Wildman–Crippen MR) is 96.2 cm³/mol. The Morgan fingerprint density at radius 3 is 2.39 bits per heavy atom. The summed E-state index contributed by atoms with van der Waals surface area (Å²) >= 11 is 21.2. The van der Waals surface area contributed by atoms with Gasteiger partial charge in [-0.15, -0.1) is 0 Å². The molecule has 120 valence electrons. The lowest BCUT2D eigenvalue weighted by molar-refractivity contribution is 0.0691. The van der Waals surface area contributed by atoms with E-state index >= 15 is 0 Å². The predicted octanol–water partition coefficient (Wildman–Crippen LogP) is 5.34. The van der Waals surface area contributed by atoms with E-state index < -0.39 is 11.7 Å². The molecule has 0 spiro atoms. The van der Waals surface area contributed by atoms with Gasteiger partial charge >= 0.3 is 5.97 Å². The van der Waals surface area contributed by atoms with Crippen molar-refractivity contribution in [3.8, 4) is 0 Å². The van der Waals surface area contributed by atoms with Crippen molar-refractivity contribution in [1.29, 1.82) is 0 Å². The van der Waals surface area contributed by atoms with E-state index in [2.05, 4.69) is 31.4 Å². The highest BCUT2D eigenvalue weighted by atomic mass is 79.9. The number of anilines is 1. The number of halogens is 4. The number of carboxylic acids is 1. The zero-order valence-electron chi connectivity index (χ0n) is 11.6. The zero-order chi connectivity index (χ0) is 17.1. The minimum atomic E-state index is -1.31. The molecule has 0 bridgehead atoms. The second-order valence-electron chi connectivity index (χ2n) is 4.38. The minimum absolute atomic E-state index is 0.00553. The summed E-state index contributed by atoms with van der Waals surface area (Å²) in [6.07, 6.45) is 0. The molecule has 23 heavy (non-hydrogen) atoms. The number of rotatable bonds is 4. The molecule has 0 aliphatic heterocycles. The summed E-state index contributed by atoms with van der Waals surface area (Å²) in [6, 6.07) is 7.49. The smallest absolute Gasteiger partial charge is 0.356 e. The van der Waals surface area contributed by atoms with Gasteiger partial charge in [0.05, 0.1) is 11.4 Å². The van der Waals surface area contributed by atoms with E-state index in [9.17, 15) is 4.79 Å². The summed E-state index contributed by atoms with van der Waals surface area (Å²) in [5.41, 5.74) is 3.85. The van der Waals surface area contributed by atoms with Crippen LogP contribution in [0.3, 0.4) is 0 Å². The Labute approximate surface area is 155 Å². The van der Waals surface area contributed by atoms with Crippen molar-refractivity contribution in [3.63, 3.8) is 0 Å². The van der Waals surface area contributed by atoms with Crippen LogP contribution < -0.4 is 5.43 Å². The molecular formula is C14H9BrCl3N3O2. The number of hydrogen-bond acceptors (Lipinski definition) is 4. The maximum atomic E-state index is 11.1. The highest BCUT2D eigenvalue weighted by Crippen LogP contribution is 2.36. The van der Waals surface area contributed by atoms with E-state index in [4.69, 9.17) is 39.9 Å². The maximum Gasteiger partial charge on any atom is 0.356 e. The van der Waals surface area contributed by atoms with Crippen LogP contribution in [0.1, 0.15) is 23.0 Å². The minimum Gasteiger partial charge on any atom is -0.476 e. The van der Waals surface area contributed by atoms with Crippen LogP contribution in [0.4, 0.5) is 5.69 Å². The molecule has 0 fully saturated rings. The molecule has 9 heteroatoms. The second-order valence-corrected chi connectivity index (χ2v) is 6.40. The molecule has 0 saturated heterocycles. The number of carbonyl (C=O) groups is 1. The van der Waals surface area contributed by atoms with Gasteiger partial charge in [0, 0.05) is 4.47 Å². The maximum absolute atomic E-state index is 11.1. The molecule has 0 atom stereocenters. The Kier molecular flexibility index (Phi) is 5.86. The number of pyridine rings is 1. The van der Waals surface area contributed by atoms with E-state index in [1.807, 2.05) is 24.3 Å². The third-order valence-corrected chi connectivity index (χ3v) is 4.47. The van der Waals surface area contributed by atoms with Gasteiger partial charge in [-0.1, -0.05) is 62.9 Å². The van der Waals surface area contributed by atoms with Crippen LogP contribution in [0.15, 0.2) is 33.8 Å². The average molecular weight is 438 g/mol. The first kappa shape index (κ1) is 18.0. The Morgan fingerprint density at radius 1 is 1.22 bits per heavy atom. The van der Waals surface area contributed by atoms with Gasteiger partial charge in [0.25, 0.3) is 0 Å². The summed E-state index contributed by atoms with van der Waals surface area (Å²) in [5, 5.41) is 12.9. The molecule has 5 nitrogen and oxygen atoms in total. The van der Waals surface area contributed by atoms with Crippen molar-refractivity contribution < 1.29 is 9.90 Å². The monoisotopic (exact) mass is 435 g/mol. The number of hydrogen-bond donors (Lipinski definition) is 2. The average Bonchev–Trinajstić information content (AvgIpc) is 2.51. The second kappa shape index (κ2) is 7.49. The zero-order valence-corrected chi connectivity index (χ0v) is 15.4. The van der Waals surface area contributed by atoms with Crippen molar-refractivity contribution in [2.45, 2.75) is 6.92 Å². The van der Waals surface area contributed by atoms with E-state index in [0.29, 0.717) is 5.71 Å². The largest absolute Gasteiger partial charge is 0.476 e. The van der Waals surface area contributed by atoms with Crippen LogP contribution in [0.25, 0.3) is 0 Å². The number of hydrazone groups is 1. The van der Waals surface area contributed by atoms with E-state index in [1.54, 1.807) is 6.92 Å². The number of carboxylic acid groups (broad SMARTS) is 1. The molecule has 1 heterocycles. The van der Waals surface area contributed by atoms with Crippen LogP contribution in [-0.4, -0.2) is 21.8 Å². The highest BCUT2D eigenvalue weighted by Gasteiger charge is 2.20. The van der Waals surface area contributed by atoms with Crippen molar-refractivity contribution >= 4 is 68.1 Å². The highest BCUT2D eigenvalue weighted by molar-refractivity contribution is 9.10. The van der Waals surface area contributed by atoms with Crippen LogP contribution in [-0.2, 0) is 0 Å². The molecule has 2 aromatic rings. The van der Waals surface area contributed by atoms with Crippen LogP contribution >= 0.6 is 50.7 Å². The van der Waals surface area contributed by atoms with Gasteiger partial charge in [0.15, 0.2) is 10.8 Å². The summed E-state index contributed by atoms with van der Waals surface area (Å²) in [7, 11) is 0. The first-order chi connectivity index (χ1) is 10.8. The van der Waals surface area contributed by atoms with E-state index in [-0.39, 0.29) is 20.9 Å². The van der Waals surface area contributed by atoms with E-state index in [0.717, 1.165) is 10.0 Å². The van der Waals surface area contributed by atoms with Gasteiger partial charge in [-0.25, -0.2) is 9.78 Å². The van der Waals surface area contributed by atoms with Gasteiger partial charge in [-0.3, -0.25) is 5.43 Å². The molecule has 0 unspecified atom stereocenters. The quantitative estimate of drug-likeness (QED) is 0.385. The summed E-state index contributed by atoms with van der Waals surface area (Å²) < 4.78 is 0.945. The lowest BCUT2D eigenvalue weighted by Crippen LogP contribution is -2.06. The fraction of sp³-hybridized carbons (Fsp3) is 0.0714. The number of aromatic carboxylic acids is 1. The third-order valence-electron chi connectivity index (χ3n) is 2.84. The summed E-state index contributed by atoms with van der Waals surface area (Å²) in [4.78, 5) is 14.7. The Balaban J connectivity index is 2.38. The lowest BCUT2D eigenvalue weighted by Gasteiger charge is -2.10. The van der Waals surface area contributed by atoms with Gasteiger partial charge in [-0.05, 0) is 24.6 Å². The first-order valence-corrected chi connectivity index (χ1v) is 8.08. The first-order valence-electron chi connectivity index (χ1n) is 6.15. The molecule has 1 aromatic carbocycles. The Bertz CT molecular complexity index is 795. The van der Waals surface area contributed by atoms with Crippen molar-refractivity contribution in [2.24, 2.45) is 5.10 Å². The van der Waals surface area contributed by atoms with Crippen molar-refractivity contribution in [1.82, 2.24) is 4.98 Å². The molecule has 0 aliphatic carbocycles. The summed E-state index contributed by atoms with van der Waals surface area (Å²) in [5.74, 6) is -1.31. The molecule has 0 radical (unpaired) electrons. The fourth-order valence-corrected chi connectivity index (χ4v) is 2.58. The number of nitrogens with one attached hydrogen (secondary N) is 1. The van der Waals surface area contributed by atoms with Crippen LogP contribution in [0, 0.1) is 0 Å². The van der Waals surface area contributed by atoms with Crippen molar-refractivity contribution in [3.05, 3.63) is 55.2 Å². The van der Waals surface area contributed by atoms with Gasteiger partial charge in [0.2, 0.25) is 0 Å². The topological polar surface area (TPSA) is 74.6 Å². The number of nitrogens with zero attached hydrogens (tertiary/aromatic N) is 2. The number of benzene rings is 1. The molecule has 0 aliphatic rings. The van der Waals surface area contributed by atoms with Crippen LogP contribution in [0.5, 0.6) is 0 Å². The van der Waals surface area contributed by atoms with Gasteiger partial charge in [-0.2, -0.15) is 5.10 Å². The molecule has 2 N–H and O–H groups in total. The molecule has 1 aromatic heterocycles. The van der Waals surface area contributed by atoms with E-state index in [1.165, 1.54) is 0 Å². The normalized spacial score (nSPS) is 11.4. The van der Waals surface area contributed by atoms with Gasteiger partial charge < -0.3 is 5.11 Å². The molecular weight excluding hydrogens is 428 g/mol.